The van der Waals surface area contributed by atoms with Crippen molar-refractivity contribution in [1.29, 1.82) is 0 Å². The van der Waals surface area contributed by atoms with Gasteiger partial charge in [0.05, 0.1) is 13.5 Å². The van der Waals surface area contributed by atoms with Crippen LogP contribution in [0.1, 0.15) is 5.56 Å². The Bertz CT molecular complexity index is 457. The van der Waals surface area contributed by atoms with Crippen LogP contribution >= 0.6 is 0 Å². The lowest BCUT2D eigenvalue weighted by atomic mass is 10.1. The van der Waals surface area contributed by atoms with Crippen LogP contribution in [-0.2, 0) is 11.2 Å². The van der Waals surface area contributed by atoms with E-state index in [4.69, 9.17) is 4.74 Å². The lowest BCUT2D eigenvalue weighted by Crippen LogP contribution is -2.47. The summed E-state index contributed by atoms with van der Waals surface area (Å²) in [7, 11) is 3.78. The number of nitrogens with zero attached hydrogens (tertiary/aromatic N) is 2. The largest absolute Gasteiger partial charge is 0.497 e. The molecule has 1 heterocycles. The van der Waals surface area contributed by atoms with E-state index in [9.17, 15) is 4.79 Å². The maximum atomic E-state index is 11.9. The number of benzene rings is 1. The number of hydrogen-bond acceptors (Lipinski definition) is 4. The molecule has 0 unspecified atom stereocenters. The van der Waals surface area contributed by atoms with Gasteiger partial charge >= 0.3 is 0 Å². The molecule has 1 aromatic carbocycles. The molecule has 5 heteroatoms. The molecule has 0 aliphatic carbocycles. The Morgan fingerprint density at radius 3 is 2.76 bits per heavy atom. The van der Waals surface area contributed by atoms with E-state index in [2.05, 4.69) is 22.2 Å². The Kier molecular flexibility index (Phi) is 6.02. The van der Waals surface area contributed by atoms with Crippen molar-refractivity contribution in [2.75, 3.05) is 53.4 Å². The summed E-state index contributed by atoms with van der Waals surface area (Å²) in [5, 5.41) is 2.99. The third-order valence-electron chi connectivity index (χ3n) is 3.84. The summed E-state index contributed by atoms with van der Waals surface area (Å²) < 4.78 is 5.16. The number of carbonyl (C=O) groups excluding carboxylic acids is 1. The molecular formula is C16H25N3O2. The van der Waals surface area contributed by atoms with E-state index < -0.39 is 0 Å². The number of likely N-dealkylation sites (N-methyl/N-ethyl adjacent to an activating group) is 1. The second-order valence-electron chi connectivity index (χ2n) is 5.52. The highest BCUT2D eigenvalue weighted by Crippen LogP contribution is 2.12. The normalized spacial score (nSPS) is 16.7. The SMILES string of the molecule is COc1cccc(CC(=O)NCCN2CCN(C)CC2)c1. The van der Waals surface area contributed by atoms with Crippen LogP contribution in [0, 0.1) is 0 Å². The Morgan fingerprint density at radius 2 is 2.05 bits per heavy atom. The van der Waals surface area contributed by atoms with Gasteiger partial charge in [-0.05, 0) is 24.7 Å². The van der Waals surface area contributed by atoms with Gasteiger partial charge in [-0.15, -0.1) is 0 Å². The van der Waals surface area contributed by atoms with Crippen molar-refractivity contribution in [3.63, 3.8) is 0 Å². The first-order chi connectivity index (χ1) is 10.2. The predicted molar refractivity (Wildman–Crippen MR) is 83.6 cm³/mol. The lowest BCUT2D eigenvalue weighted by Gasteiger charge is -2.32. The molecule has 21 heavy (non-hydrogen) atoms. The average Bonchev–Trinajstić information content (AvgIpc) is 2.49. The van der Waals surface area contributed by atoms with Crippen molar-refractivity contribution in [3.05, 3.63) is 29.8 Å². The third kappa shape index (κ3) is 5.36. The Hall–Kier alpha value is -1.59. The van der Waals surface area contributed by atoms with E-state index in [-0.39, 0.29) is 5.91 Å². The minimum absolute atomic E-state index is 0.0670. The molecule has 5 nitrogen and oxygen atoms in total. The second kappa shape index (κ2) is 8.00. The summed E-state index contributed by atoms with van der Waals surface area (Å²) in [6.45, 7) is 6.03. The van der Waals surface area contributed by atoms with Crippen LogP contribution in [-0.4, -0.2) is 69.1 Å². The first-order valence-electron chi connectivity index (χ1n) is 7.48. The molecule has 116 valence electrons. The van der Waals surface area contributed by atoms with E-state index >= 15 is 0 Å². The van der Waals surface area contributed by atoms with E-state index in [1.54, 1.807) is 7.11 Å². The van der Waals surface area contributed by atoms with Crippen LogP contribution in [0.3, 0.4) is 0 Å². The zero-order valence-corrected chi connectivity index (χ0v) is 13.0. The summed E-state index contributed by atoms with van der Waals surface area (Å²) in [4.78, 5) is 16.7. The first kappa shape index (κ1) is 15.8. The summed E-state index contributed by atoms with van der Waals surface area (Å²) in [6.07, 6.45) is 0.403. The molecule has 0 radical (unpaired) electrons. The molecule has 0 atom stereocenters. The van der Waals surface area contributed by atoms with Gasteiger partial charge in [0.15, 0.2) is 0 Å². The van der Waals surface area contributed by atoms with Gasteiger partial charge in [-0.3, -0.25) is 9.69 Å². The topological polar surface area (TPSA) is 44.8 Å². The summed E-state index contributed by atoms with van der Waals surface area (Å²) in [5.74, 6) is 0.857. The van der Waals surface area contributed by atoms with Crippen molar-refractivity contribution >= 4 is 5.91 Å². The zero-order valence-electron chi connectivity index (χ0n) is 13.0. The van der Waals surface area contributed by atoms with E-state index in [0.29, 0.717) is 13.0 Å². The molecule has 1 aliphatic rings. The molecule has 1 aromatic rings. The van der Waals surface area contributed by atoms with Crippen LogP contribution in [0.15, 0.2) is 24.3 Å². The smallest absolute Gasteiger partial charge is 0.224 e. The molecule has 1 fully saturated rings. The lowest BCUT2D eigenvalue weighted by molar-refractivity contribution is -0.120. The number of piperazine rings is 1. The van der Waals surface area contributed by atoms with Gasteiger partial charge in [0.2, 0.25) is 5.91 Å². The highest BCUT2D eigenvalue weighted by molar-refractivity contribution is 5.78. The van der Waals surface area contributed by atoms with Crippen molar-refractivity contribution in [2.45, 2.75) is 6.42 Å². The molecule has 1 amide bonds. The monoisotopic (exact) mass is 291 g/mol. The number of carbonyl (C=O) groups is 1. The molecule has 2 rings (SSSR count). The van der Waals surface area contributed by atoms with Crippen LogP contribution in [0.2, 0.25) is 0 Å². The van der Waals surface area contributed by atoms with E-state index in [1.165, 1.54) is 0 Å². The molecule has 0 bridgehead atoms. The van der Waals surface area contributed by atoms with E-state index in [0.717, 1.165) is 44.0 Å². The van der Waals surface area contributed by atoms with Gasteiger partial charge in [0.1, 0.15) is 5.75 Å². The molecule has 1 saturated heterocycles. The van der Waals surface area contributed by atoms with Gasteiger partial charge in [-0.1, -0.05) is 12.1 Å². The first-order valence-corrected chi connectivity index (χ1v) is 7.48. The highest BCUT2D eigenvalue weighted by Gasteiger charge is 2.13. The van der Waals surface area contributed by atoms with Gasteiger partial charge in [-0.2, -0.15) is 0 Å². The van der Waals surface area contributed by atoms with Crippen molar-refractivity contribution in [3.8, 4) is 5.75 Å². The second-order valence-corrected chi connectivity index (χ2v) is 5.52. The van der Waals surface area contributed by atoms with Crippen molar-refractivity contribution in [2.24, 2.45) is 0 Å². The third-order valence-corrected chi connectivity index (χ3v) is 3.84. The Morgan fingerprint density at radius 1 is 1.29 bits per heavy atom. The van der Waals surface area contributed by atoms with Crippen molar-refractivity contribution in [1.82, 2.24) is 15.1 Å². The number of methoxy groups -OCH3 is 1. The zero-order chi connectivity index (χ0) is 15.1. The minimum atomic E-state index is 0.0670. The molecule has 1 aliphatic heterocycles. The average molecular weight is 291 g/mol. The maximum Gasteiger partial charge on any atom is 0.224 e. The fourth-order valence-electron chi connectivity index (χ4n) is 2.46. The molecule has 0 spiro atoms. The molecule has 1 N–H and O–H groups in total. The van der Waals surface area contributed by atoms with E-state index in [1.807, 2.05) is 24.3 Å². The summed E-state index contributed by atoms with van der Waals surface area (Å²) in [5.41, 5.74) is 0.978. The standard InChI is InChI=1S/C16H25N3O2/c1-18-8-10-19(11-9-18)7-6-17-16(20)13-14-4-3-5-15(12-14)21-2/h3-5,12H,6-11,13H2,1-2H3,(H,17,20). The summed E-state index contributed by atoms with van der Waals surface area (Å²) >= 11 is 0. The maximum absolute atomic E-state index is 11.9. The van der Waals surface area contributed by atoms with Gasteiger partial charge in [-0.25, -0.2) is 0 Å². The fraction of sp³-hybridized carbons (Fsp3) is 0.562. The van der Waals surface area contributed by atoms with Gasteiger partial charge < -0.3 is 15.0 Å². The molecule has 0 saturated carbocycles. The van der Waals surface area contributed by atoms with Crippen LogP contribution < -0.4 is 10.1 Å². The summed E-state index contributed by atoms with van der Waals surface area (Å²) in [6, 6.07) is 7.64. The highest BCUT2D eigenvalue weighted by atomic mass is 16.5. The van der Waals surface area contributed by atoms with Crippen LogP contribution in [0.5, 0.6) is 5.75 Å². The van der Waals surface area contributed by atoms with Crippen LogP contribution in [0.4, 0.5) is 0 Å². The quantitative estimate of drug-likeness (QED) is 0.834. The molecular weight excluding hydrogens is 266 g/mol. The van der Waals surface area contributed by atoms with Crippen molar-refractivity contribution < 1.29 is 9.53 Å². The molecule has 0 aromatic heterocycles. The Balaban J connectivity index is 1.67. The number of nitrogens with one attached hydrogen (secondary N) is 1. The fourth-order valence-corrected chi connectivity index (χ4v) is 2.46. The van der Waals surface area contributed by atoms with Crippen LogP contribution in [0.25, 0.3) is 0 Å². The van der Waals surface area contributed by atoms with Gasteiger partial charge in [0.25, 0.3) is 0 Å². The number of hydrogen-bond donors (Lipinski definition) is 1. The number of amides is 1. The predicted octanol–water partition coefficient (Wildman–Crippen LogP) is 0.601. The number of ether oxygens (including phenoxy) is 1. The Labute approximate surface area is 126 Å². The van der Waals surface area contributed by atoms with Gasteiger partial charge in [0, 0.05) is 39.3 Å². The minimum Gasteiger partial charge on any atom is -0.497 e. The number of rotatable bonds is 6.